The molecule has 1 aliphatic heterocycles. The number of amides is 1. The Hall–Kier alpha value is -1.40. The van der Waals surface area contributed by atoms with Gasteiger partial charge in [-0.15, -0.1) is 0 Å². The average molecular weight is 363 g/mol. The molecule has 4 rings (SSSR count). The van der Waals surface area contributed by atoms with Crippen molar-refractivity contribution in [1.29, 1.82) is 0 Å². The van der Waals surface area contributed by atoms with Gasteiger partial charge in [0.05, 0.1) is 5.52 Å². The van der Waals surface area contributed by atoms with Crippen molar-refractivity contribution in [1.82, 2.24) is 20.4 Å². The van der Waals surface area contributed by atoms with Gasteiger partial charge in [-0.1, -0.05) is 15.9 Å². The molecule has 1 amide bonds. The van der Waals surface area contributed by atoms with E-state index in [0.717, 1.165) is 47.3 Å². The molecule has 2 N–H and O–H groups in total. The smallest absolute Gasteiger partial charge is 0.272 e. The third-order valence-corrected chi connectivity index (χ3v) is 5.16. The van der Waals surface area contributed by atoms with Crippen molar-refractivity contribution in [2.45, 2.75) is 37.8 Å². The number of hydrogen-bond donors (Lipinski definition) is 2. The van der Waals surface area contributed by atoms with E-state index in [4.69, 9.17) is 0 Å². The van der Waals surface area contributed by atoms with Crippen molar-refractivity contribution >= 4 is 32.7 Å². The molecule has 0 spiro atoms. The van der Waals surface area contributed by atoms with Crippen LogP contribution in [0.15, 0.2) is 22.7 Å². The van der Waals surface area contributed by atoms with Crippen LogP contribution in [0, 0.1) is 0 Å². The summed E-state index contributed by atoms with van der Waals surface area (Å²) in [5.41, 5.74) is 1.37. The van der Waals surface area contributed by atoms with Crippen molar-refractivity contribution in [2.75, 3.05) is 13.1 Å². The largest absolute Gasteiger partial charge is 0.348 e. The molecule has 2 heterocycles. The number of H-pyrrole nitrogens is 1. The van der Waals surface area contributed by atoms with Gasteiger partial charge in [0.15, 0.2) is 5.69 Å². The van der Waals surface area contributed by atoms with Crippen LogP contribution in [0.5, 0.6) is 0 Å². The fourth-order valence-electron chi connectivity index (χ4n) is 3.26. The number of carbonyl (C=O) groups excluding carboxylic acids is 1. The number of nitrogens with zero attached hydrogens (tertiary/aromatic N) is 2. The zero-order valence-electron chi connectivity index (χ0n) is 12.3. The molecular weight excluding hydrogens is 344 g/mol. The van der Waals surface area contributed by atoms with E-state index < -0.39 is 0 Å². The van der Waals surface area contributed by atoms with Crippen molar-refractivity contribution in [2.24, 2.45) is 0 Å². The Balaban J connectivity index is 1.44. The molecule has 0 radical (unpaired) electrons. The molecule has 6 heteroatoms. The van der Waals surface area contributed by atoms with E-state index in [1.165, 1.54) is 12.8 Å². The number of benzene rings is 1. The highest BCUT2D eigenvalue weighted by atomic mass is 79.9. The second-order valence-electron chi connectivity index (χ2n) is 6.28. The number of likely N-dealkylation sites (tertiary alicyclic amines) is 1. The van der Waals surface area contributed by atoms with E-state index in [0.29, 0.717) is 5.69 Å². The number of halogens is 1. The summed E-state index contributed by atoms with van der Waals surface area (Å²) in [6.45, 7) is 2.20. The lowest BCUT2D eigenvalue weighted by atomic mass is 10.0. The Kier molecular flexibility index (Phi) is 3.66. The van der Waals surface area contributed by atoms with Crippen LogP contribution in [0.4, 0.5) is 0 Å². The Morgan fingerprint density at radius 2 is 2.05 bits per heavy atom. The van der Waals surface area contributed by atoms with E-state index in [9.17, 15) is 4.79 Å². The molecule has 2 fully saturated rings. The van der Waals surface area contributed by atoms with E-state index in [2.05, 4.69) is 36.3 Å². The third kappa shape index (κ3) is 2.77. The van der Waals surface area contributed by atoms with Gasteiger partial charge in [0.2, 0.25) is 0 Å². The first-order valence-corrected chi connectivity index (χ1v) is 8.68. The van der Waals surface area contributed by atoms with Crippen LogP contribution < -0.4 is 5.32 Å². The molecule has 0 bridgehead atoms. The summed E-state index contributed by atoms with van der Waals surface area (Å²) in [5.74, 6) is -0.0748. The van der Waals surface area contributed by atoms with E-state index >= 15 is 0 Å². The molecule has 2 aliphatic rings. The number of carbonyl (C=O) groups is 1. The number of piperidine rings is 1. The quantitative estimate of drug-likeness (QED) is 0.882. The number of fused-ring (bicyclic) bond motifs is 1. The van der Waals surface area contributed by atoms with E-state index in [1.807, 2.05) is 18.2 Å². The number of nitrogens with one attached hydrogen (secondary N) is 2. The van der Waals surface area contributed by atoms with Crippen LogP contribution in [0.25, 0.3) is 10.9 Å². The molecule has 22 heavy (non-hydrogen) atoms. The third-order valence-electron chi connectivity index (χ3n) is 4.67. The first kappa shape index (κ1) is 14.2. The van der Waals surface area contributed by atoms with Crippen molar-refractivity contribution in [3.05, 3.63) is 28.4 Å². The molecular formula is C16H19BrN4O. The topological polar surface area (TPSA) is 61.0 Å². The maximum absolute atomic E-state index is 12.5. The van der Waals surface area contributed by atoms with Gasteiger partial charge >= 0.3 is 0 Å². The SMILES string of the molecule is O=C(NC1CCN(C2CC2)CC1)c1n[nH]c2ccc(Br)cc12. The zero-order valence-corrected chi connectivity index (χ0v) is 13.9. The van der Waals surface area contributed by atoms with Crippen LogP contribution in [0.1, 0.15) is 36.2 Å². The second kappa shape index (κ2) is 5.66. The highest BCUT2D eigenvalue weighted by Gasteiger charge is 2.32. The summed E-state index contributed by atoms with van der Waals surface area (Å²) in [5, 5.41) is 11.1. The lowest BCUT2D eigenvalue weighted by Gasteiger charge is -2.32. The average Bonchev–Trinajstić information content (AvgIpc) is 3.28. The summed E-state index contributed by atoms with van der Waals surface area (Å²) >= 11 is 3.45. The van der Waals surface area contributed by atoms with Crippen molar-refractivity contribution in [3.63, 3.8) is 0 Å². The van der Waals surface area contributed by atoms with E-state index in [1.54, 1.807) is 0 Å². The molecule has 116 valence electrons. The molecule has 1 saturated carbocycles. The Labute approximate surface area is 137 Å². The molecule has 1 aliphatic carbocycles. The summed E-state index contributed by atoms with van der Waals surface area (Å²) < 4.78 is 0.952. The molecule has 2 aromatic rings. The second-order valence-corrected chi connectivity index (χ2v) is 7.19. The fraction of sp³-hybridized carbons (Fsp3) is 0.500. The van der Waals surface area contributed by atoms with Crippen LogP contribution in [0.3, 0.4) is 0 Å². The standard InChI is InChI=1S/C16H19BrN4O/c17-10-1-4-14-13(9-10)15(20-19-14)16(22)18-11-5-7-21(8-6-11)12-2-3-12/h1,4,9,11-12H,2-3,5-8H2,(H,18,22)(H,19,20). The van der Waals surface area contributed by atoms with Gasteiger partial charge in [0.1, 0.15) is 0 Å². The minimum Gasteiger partial charge on any atom is -0.348 e. The Morgan fingerprint density at radius 1 is 1.27 bits per heavy atom. The predicted octanol–water partition coefficient (Wildman–Crippen LogP) is 2.68. The lowest BCUT2D eigenvalue weighted by Crippen LogP contribution is -2.45. The predicted molar refractivity (Wildman–Crippen MR) is 88.9 cm³/mol. The molecule has 5 nitrogen and oxygen atoms in total. The molecule has 0 atom stereocenters. The summed E-state index contributed by atoms with van der Waals surface area (Å²) in [6, 6.07) is 6.89. The number of aromatic amines is 1. The monoisotopic (exact) mass is 362 g/mol. The maximum atomic E-state index is 12.5. The van der Waals surface area contributed by atoms with Crippen LogP contribution >= 0.6 is 15.9 Å². The van der Waals surface area contributed by atoms with Gasteiger partial charge in [-0.2, -0.15) is 5.10 Å². The van der Waals surface area contributed by atoms with Gasteiger partial charge in [0.25, 0.3) is 5.91 Å². The molecule has 1 aromatic carbocycles. The highest BCUT2D eigenvalue weighted by molar-refractivity contribution is 9.10. The van der Waals surface area contributed by atoms with Gasteiger partial charge in [-0.3, -0.25) is 9.89 Å². The maximum Gasteiger partial charge on any atom is 0.272 e. The Morgan fingerprint density at radius 3 is 2.77 bits per heavy atom. The highest BCUT2D eigenvalue weighted by Crippen LogP contribution is 2.29. The van der Waals surface area contributed by atoms with Crippen molar-refractivity contribution < 1.29 is 4.79 Å². The summed E-state index contributed by atoms with van der Waals surface area (Å²) in [7, 11) is 0. The molecule has 1 aromatic heterocycles. The lowest BCUT2D eigenvalue weighted by molar-refractivity contribution is 0.0905. The van der Waals surface area contributed by atoms with Crippen LogP contribution in [-0.4, -0.2) is 46.2 Å². The minimum absolute atomic E-state index is 0.0748. The Bertz CT molecular complexity index is 701. The number of hydrogen-bond acceptors (Lipinski definition) is 3. The zero-order chi connectivity index (χ0) is 15.1. The summed E-state index contributed by atoms with van der Waals surface area (Å²) in [4.78, 5) is 15.1. The molecule has 0 unspecified atom stereocenters. The normalized spacial score (nSPS) is 20.4. The molecule has 1 saturated heterocycles. The van der Waals surface area contributed by atoms with Gasteiger partial charge < -0.3 is 10.2 Å². The van der Waals surface area contributed by atoms with E-state index in [-0.39, 0.29) is 11.9 Å². The van der Waals surface area contributed by atoms with Gasteiger partial charge in [0, 0.05) is 35.0 Å². The summed E-state index contributed by atoms with van der Waals surface area (Å²) in [6.07, 6.45) is 4.78. The van der Waals surface area contributed by atoms with Crippen LogP contribution in [0.2, 0.25) is 0 Å². The number of aromatic nitrogens is 2. The first-order chi connectivity index (χ1) is 10.7. The fourth-order valence-corrected chi connectivity index (χ4v) is 3.62. The van der Waals surface area contributed by atoms with Gasteiger partial charge in [-0.25, -0.2) is 0 Å². The van der Waals surface area contributed by atoms with Crippen molar-refractivity contribution in [3.8, 4) is 0 Å². The van der Waals surface area contributed by atoms with Gasteiger partial charge in [-0.05, 0) is 43.9 Å². The number of rotatable bonds is 3. The minimum atomic E-state index is -0.0748. The first-order valence-electron chi connectivity index (χ1n) is 7.89. The van der Waals surface area contributed by atoms with Crippen LogP contribution in [-0.2, 0) is 0 Å².